The topological polar surface area (TPSA) is 86.1 Å². The van der Waals surface area contributed by atoms with Crippen LogP contribution in [0.2, 0.25) is 0 Å². The van der Waals surface area contributed by atoms with Gasteiger partial charge in [0, 0.05) is 24.8 Å². The van der Waals surface area contributed by atoms with Crippen LogP contribution in [0.4, 0.5) is 0 Å². The van der Waals surface area contributed by atoms with Crippen LogP contribution in [0.15, 0.2) is 16.5 Å². The second kappa shape index (κ2) is 6.58. The average molecular weight is 290 g/mol. The lowest BCUT2D eigenvalue weighted by Crippen LogP contribution is -2.23. The highest BCUT2D eigenvalue weighted by atomic mass is 16.4. The number of furan rings is 1. The largest absolute Gasteiger partial charge is 0.455 e. The van der Waals surface area contributed by atoms with Crippen LogP contribution in [-0.4, -0.2) is 15.7 Å². The maximum absolute atomic E-state index is 12.1. The number of nitrogens with two attached hydrogens (primary N) is 1. The molecule has 0 saturated carbocycles. The first kappa shape index (κ1) is 15.3. The summed E-state index contributed by atoms with van der Waals surface area (Å²) < 4.78 is 7.23. The Bertz CT molecular complexity index is 628. The number of nitrogens with zero attached hydrogens (tertiary/aromatic N) is 2. The van der Waals surface area contributed by atoms with Gasteiger partial charge in [0.2, 0.25) is 0 Å². The summed E-state index contributed by atoms with van der Waals surface area (Å²) in [6.07, 6.45) is 1.73. The molecule has 0 unspecified atom stereocenters. The first-order valence-electron chi connectivity index (χ1n) is 7.21. The minimum absolute atomic E-state index is 0.234. The highest BCUT2D eigenvalue weighted by Crippen LogP contribution is 2.15. The first-order chi connectivity index (χ1) is 10.1. The van der Waals surface area contributed by atoms with E-state index in [1.165, 1.54) is 0 Å². The lowest BCUT2D eigenvalue weighted by molar-refractivity contribution is 0.0921. The molecule has 0 aromatic carbocycles. The van der Waals surface area contributed by atoms with Gasteiger partial charge in [-0.1, -0.05) is 13.8 Å². The number of carbonyl (C=O) groups is 1. The number of hydrogen-bond donors (Lipinski definition) is 2. The monoisotopic (exact) mass is 290 g/mol. The summed E-state index contributed by atoms with van der Waals surface area (Å²) in [5, 5.41) is 7.38. The van der Waals surface area contributed by atoms with E-state index >= 15 is 0 Å². The lowest BCUT2D eigenvalue weighted by Gasteiger charge is -2.06. The zero-order valence-electron chi connectivity index (χ0n) is 12.8. The van der Waals surface area contributed by atoms with Crippen molar-refractivity contribution in [2.24, 2.45) is 12.8 Å². The lowest BCUT2D eigenvalue weighted by atomic mass is 10.1. The highest BCUT2D eigenvalue weighted by Gasteiger charge is 2.16. The maximum atomic E-state index is 12.1. The fourth-order valence-electron chi connectivity index (χ4n) is 2.46. The number of hydrogen-bond acceptors (Lipinski definition) is 4. The standard InChI is InChI=1S/C15H22N4O2/c1-4-12-11(13(5-2)19(3)18-12)9-17-15(20)14-7-6-10(8-16)21-14/h6-7H,4-5,8-9,16H2,1-3H3,(H,17,20). The molecule has 1 amide bonds. The predicted molar refractivity (Wildman–Crippen MR) is 79.7 cm³/mol. The van der Waals surface area contributed by atoms with Gasteiger partial charge in [0.25, 0.3) is 5.91 Å². The van der Waals surface area contributed by atoms with E-state index in [2.05, 4.69) is 24.3 Å². The fraction of sp³-hybridized carbons (Fsp3) is 0.467. The highest BCUT2D eigenvalue weighted by molar-refractivity contribution is 5.91. The first-order valence-corrected chi connectivity index (χ1v) is 7.21. The molecule has 0 aliphatic carbocycles. The quantitative estimate of drug-likeness (QED) is 0.844. The van der Waals surface area contributed by atoms with E-state index in [1.54, 1.807) is 12.1 Å². The van der Waals surface area contributed by atoms with Gasteiger partial charge in [-0.2, -0.15) is 5.10 Å². The molecular weight excluding hydrogens is 268 g/mol. The van der Waals surface area contributed by atoms with Gasteiger partial charge in [0.1, 0.15) is 5.76 Å². The van der Waals surface area contributed by atoms with Crippen molar-refractivity contribution in [1.29, 1.82) is 0 Å². The van der Waals surface area contributed by atoms with E-state index in [-0.39, 0.29) is 18.2 Å². The Labute approximate surface area is 124 Å². The summed E-state index contributed by atoms with van der Waals surface area (Å²) in [5.74, 6) is 0.656. The molecule has 2 heterocycles. The van der Waals surface area contributed by atoms with E-state index in [1.807, 2.05) is 11.7 Å². The van der Waals surface area contributed by atoms with Gasteiger partial charge in [0.05, 0.1) is 12.2 Å². The van der Waals surface area contributed by atoms with Crippen LogP contribution in [0.1, 0.15) is 47.1 Å². The Balaban J connectivity index is 2.10. The molecule has 0 spiro atoms. The number of nitrogens with one attached hydrogen (secondary N) is 1. The Kier molecular flexibility index (Phi) is 4.80. The summed E-state index contributed by atoms with van der Waals surface area (Å²) in [7, 11) is 1.93. The molecule has 0 atom stereocenters. The molecule has 0 radical (unpaired) electrons. The third-order valence-corrected chi connectivity index (χ3v) is 3.54. The van der Waals surface area contributed by atoms with Crippen molar-refractivity contribution in [3.05, 3.63) is 40.6 Å². The Hall–Kier alpha value is -2.08. The van der Waals surface area contributed by atoms with Gasteiger partial charge in [-0.3, -0.25) is 9.48 Å². The minimum atomic E-state index is -0.234. The molecule has 21 heavy (non-hydrogen) atoms. The molecule has 6 nitrogen and oxygen atoms in total. The average Bonchev–Trinajstić information content (AvgIpc) is 3.08. The number of aromatic nitrogens is 2. The van der Waals surface area contributed by atoms with Crippen molar-refractivity contribution in [3.63, 3.8) is 0 Å². The molecule has 0 saturated heterocycles. The van der Waals surface area contributed by atoms with E-state index in [4.69, 9.17) is 10.2 Å². The molecule has 3 N–H and O–H groups in total. The second-order valence-electron chi connectivity index (χ2n) is 4.86. The van der Waals surface area contributed by atoms with Gasteiger partial charge < -0.3 is 15.5 Å². The Morgan fingerprint density at radius 3 is 2.71 bits per heavy atom. The second-order valence-corrected chi connectivity index (χ2v) is 4.86. The summed E-state index contributed by atoms with van der Waals surface area (Å²) >= 11 is 0. The SMILES string of the molecule is CCc1nn(C)c(CC)c1CNC(=O)c1ccc(CN)o1. The predicted octanol–water partition coefficient (Wildman–Crippen LogP) is 1.53. The van der Waals surface area contributed by atoms with E-state index < -0.39 is 0 Å². The van der Waals surface area contributed by atoms with Crippen molar-refractivity contribution in [2.45, 2.75) is 39.8 Å². The van der Waals surface area contributed by atoms with Gasteiger partial charge in [-0.15, -0.1) is 0 Å². The van der Waals surface area contributed by atoms with Crippen LogP contribution in [-0.2, 0) is 33.0 Å². The molecule has 0 aliphatic rings. The zero-order chi connectivity index (χ0) is 15.4. The molecule has 0 bridgehead atoms. The van der Waals surface area contributed by atoms with E-state index in [9.17, 15) is 4.79 Å². The molecule has 2 aromatic heterocycles. The smallest absolute Gasteiger partial charge is 0.287 e. The molecule has 2 rings (SSSR count). The van der Waals surface area contributed by atoms with Crippen molar-refractivity contribution < 1.29 is 9.21 Å². The third-order valence-electron chi connectivity index (χ3n) is 3.54. The third kappa shape index (κ3) is 3.16. The van der Waals surface area contributed by atoms with Crippen LogP contribution < -0.4 is 11.1 Å². The summed E-state index contributed by atoms with van der Waals surface area (Å²) in [5.41, 5.74) is 8.74. The van der Waals surface area contributed by atoms with Crippen molar-refractivity contribution in [3.8, 4) is 0 Å². The van der Waals surface area contributed by atoms with Gasteiger partial charge in [-0.25, -0.2) is 0 Å². The van der Waals surface area contributed by atoms with Gasteiger partial charge >= 0.3 is 0 Å². The van der Waals surface area contributed by atoms with Gasteiger partial charge in [-0.05, 0) is 25.0 Å². The fourth-order valence-corrected chi connectivity index (χ4v) is 2.46. The molecule has 114 valence electrons. The molecule has 0 aliphatic heterocycles. The van der Waals surface area contributed by atoms with Crippen LogP contribution in [0.5, 0.6) is 0 Å². The summed E-state index contributed by atoms with van der Waals surface area (Å²) in [6, 6.07) is 3.36. The van der Waals surface area contributed by atoms with Gasteiger partial charge in [0.15, 0.2) is 5.76 Å². The number of aryl methyl sites for hydroxylation is 2. The number of carbonyl (C=O) groups excluding carboxylic acids is 1. The Morgan fingerprint density at radius 1 is 1.38 bits per heavy atom. The van der Waals surface area contributed by atoms with Crippen molar-refractivity contribution in [1.82, 2.24) is 15.1 Å². The molecule has 6 heteroatoms. The summed E-state index contributed by atoms with van der Waals surface area (Å²) in [4.78, 5) is 12.1. The maximum Gasteiger partial charge on any atom is 0.287 e. The number of amides is 1. The molecule has 0 fully saturated rings. The normalized spacial score (nSPS) is 10.9. The van der Waals surface area contributed by atoms with Crippen molar-refractivity contribution >= 4 is 5.91 Å². The zero-order valence-corrected chi connectivity index (χ0v) is 12.8. The number of rotatable bonds is 6. The van der Waals surface area contributed by atoms with E-state index in [0.717, 1.165) is 29.8 Å². The molecule has 2 aromatic rings. The van der Waals surface area contributed by atoms with Crippen LogP contribution in [0, 0.1) is 0 Å². The minimum Gasteiger partial charge on any atom is -0.455 e. The van der Waals surface area contributed by atoms with Crippen LogP contribution in [0.25, 0.3) is 0 Å². The summed E-state index contributed by atoms with van der Waals surface area (Å²) in [6.45, 7) is 4.89. The Morgan fingerprint density at radius 2 is 2.14 bits per heavy atom. The molecular formula is C15H22N4O2. The van der Waals surface area contributed by atoms with E-state index in [0.29, 0.717) is 12.3 Å². The van der Waals surface area contributed by atoms with Crippen LogP contribution >= 0.6 is 0 Å². The van der Waals surface area contributed by atoms with Crippen molar-refractivity contribution in [2.75, 3.05) is 0 Å². The van der Waals surface area contributed by atoms with Crippen LogP contribution in [0.3, 0.4) is 0 Å².